The second-order valence-corrected chi connectivity index (χ2v) is 13.3. The van der Waals surface area contributed by atoms with E-state index in [0.29, 0.717) is 0 Å². The predicted molar refractivity (Wildman–Crippen MR) is 146 cm³/mol. The summed E-state index contributed by atoms with van der Waals surface area (Å²) in [5, 5.41) is 12.7. The van der Waals surface area contributed by atoms with Gasteiger partial charge in [-0.25, -0.2) is 4.39 Å². The molecule has 0 unspecified atom stereocenters. The number of amides is 1. The Labute approximate surface area is 250 Å². The highest BCUT2D eigenvalue weighted by Gasteiger charge is 2.53. The molecule has 1 N–H and O–H groups in total. The van der Waals surface area contributed by atoms with Gasteiger partial charge in [0.2, 0.25) is 0 Å². The number of Topliss-reactive ketones (excluding diaryl/α,β-unsaturated/α-hetero) is 1. The molecule has 3 fully saturated rings. The Bertz CT molecular complexity index is 1390. The highest BCUT2D eigenvalue weighted by molar-refractivity contribution is 6.40. The number of fused-ring (bicyclic) bond motifs is 2. The molecule has 1 amide bonds. The number of benzene rings is 1. The first-order valence-corrected chi connectivity index (χ1v) is 14.7. The molecule has 1 aromatic heterocycles. The van der Waals surface area contributed by atoms with Crippen LogP contribution in [0.4, 0.5) is 17.6 Å². The van der Waals surface area contributed by atoms with E-state index < -0.39 is 59.4 Å². The predicted octanol–water partition coefficient (Wildman–Crippen LogP) is 7.46. The Morgan fingerprint density at radius 3 is 2.17 bits per heavy atom. The summed E-state index contributed by atoms with van der Waals surface area (Å²) in [5.41, 5.74) is -2.37. The monoisotopic (exact) mass is 631 g/mol. The lowest BCUT2D eigenvalue weighted by atomic mass is 9.82. The summed E-state index contributed by atoms with van der Waals surface area (Å²) < 4.78 is 58.2. The number of nitrogens with zero attached hydrogens (tertiary/aromatic N) is 3. The van der Waals surface area contributed by atoms with Crippen LogP contribution in [0.3, 0.4) is 0 Å². The molecule has 228 valence electrons. The summed E-state index contributed by atoms with van der Waals surface area (Å²) in [5.74, 6) is -4.10. The zero-order valence-electron chi connectivity index (χ0n) is 22.9. The zero-order chi connectivity index (χ0) is 30.6. The number of aromatic nitrogens is 2. The third-order valence-electron chi connectivity index (χ3n) is 9.44. The van der Waals surface area contributed by atoms with Gasteiger partial charge in [-0.3, -0.25) is 19.1 Å². The van der Waals surface area contributed by atoms with Gasteiger partial charge in [0.1, 0.15) is 5.82 Å². The van der Waals surface area contributed by atoms with Gasteiger partial charge < -0.3 is 10.0 Å². The van der Waals surface area contributed by atoms with Crippen LogP contribution >= 0.6 is 23.2 Å². The molecular weight excluding hydrogens is 601 g/mol. The van der Waals surface area contributed by atoms with Crippen molar-refractivity contribution in [1.82, 2.24) is 14.7 Å². The summed E-state index contributed by atoms with van der Waals surface area (Å²) in [6.45, 7) is 1.62. The second kappa shape index (κ2) is 11.1. The van der Waals surface area contributed by atoms with Gasteiger partial charge in [0, 0.05) is 6.54 Å². The Balaban J connectivity index is 1.49. The molecule has 5 rings (SSSR count). The number of carboxylic acids is 1. The Morgan fingerprint density at radius 2 is 1.67 bits per heavy atom. The van der Waals surface area contributed by atoms with Gasteiger partial charge in [-0.2, -0.15) is 18.3 Å². The van der Waals surface area contributed by atoms with Gasteiger partial charge in [0.25, 0.3) is 5.91 Å². The summed E-state index contributed by atoms with van der Waals surface area (Å²) >= 11 is 12.2. The topological polar surface area (TPSA) is 92.5 Å². The van der Waals surface area contributed by atoms with Gasteiger partial charge in [0.05, 0.1) is 45.9 Å². The van der Waals surface area contributed by atoms with E-state index in [-0.39, 0.29) is 58.7 Å². The van der Waals surface area contributed by atoms with Gasteiger partial charge in [-0.1, -0.05) is 30.1 Å². The SMILES string of the molecule is CC12CCC(CN(CC(=O)c3c(Cl)cc(F)cc3Cl)C(=O)c3cnn(C4CCC(C(=O)O)CC4)c3C(F)(F)F)(CC1)C2. The lowest BCUT2D eigenvalue weighted by molar-refractivity contribution is -0.147. The Kier molecular flexibility index (Phi) is 8.15. The number of hydrogen-bond acceptors (Lipinski definition) is 4. The number of aliphatic carboxylic acids is 1. The lowest BCUT2D eigenvalue weighted by Gasteiger charge is -2.34. The minimum absolute atomic E-state index is 0.0653. The molecule has 0 atom stereocenters. The third-order valence-corrected chi connectivity index (χ3v) is 10.0. The van der Waals surface area contributed by atoms with Crippen molar-refractivity contribution in [2.75, 3.05) is 13.1 Å². The summed E-state index contributed by atoms with van der Waals surface area (Å²) in [4.78, 5) is 39.9. The zero-order valence-corrected chi connectivity index (χ0v) is 24.5. The maximum Gasteiger partial charge on any atom is 0.433 e. The van der Waals surface area contributed by atoms with Crippen molar-refractivity contribution >= 4 is 40.9 Å². The van der Waals surface area contributed by atoms with Gasteiger partial charge in [0.15, 0.2) is 11.5 Å². The molecule has 1 aromatic carbocycles. The van der Waals surface area contributed by atoms with E-state index in [0.717, 1.165) is 60.0 Å². The minimum atomic E-state index is -4.94. The average Bonchev–Trinajstić information content (AvgIpc) is 3.58. The number of carboxylic acid groups (broad SMARTS) is 1. The summed E-state index contributed by atoms with van der Waals surface area (Å²) in [6, 6.07) is 1.10. The molecule has 3 saturated carbocycles. The van der Waals surface area contributed by atoms with Crippen molar-refractivity contribution < 1.29 is 37.1 Å². The molecule has 0 spiro atoms. The van der Waals surface area contributed by atoms with Gasteiger partial charge >= 0.3 is 12.1 Å². The molecule has 1 heterocycles. The lowest BCUT2D eigenvalue weighted by Crippen LogP contribution is -2.43. The normalized spacial score (nSPS) is 27.3. The number of carbonyl (C=O) groups excluding carboxylic acids is 2. The summed E-state index contributed by atoms with van der Waals surface area (Å²) in [7, 11) is 0. The fraction of sp³-hybridized carbons (Fsp3) is 0.586. The highest BCUT2D eigenvalue weighted by atomic mass is 35.5. The van der Waals surface area contributed by atoms with E-state index in [9.17, 15) is 37.1 Å². The molecule has 3 aliphatic rings. The summed E-state index contributed by atoms with van der Waals surface area (Å²) in [6.07, 6.45) is 0.845. The second-order valence-electron chi connectivity index (χ2n) is 12.5. The van der Waals surface area contributed by atoms with Crippen molar-refractivity contribution in [2.45, 2.75) is 76.9 Å². The molecule has 13 heteroatoms. The van der Waals surface area contributed by atoms with E-state index in [1.165, 1.54) is 0 Å². The first kappa shape index (κ1) is 30.8. The number of ketones is 1. The van der Waals surface area contributed by atoms with Crippen LogP contribution in [0.25, 0.3) is 0 Å². The third kappa shape index (κ3) is 5.91. The molecule has 7 nitrogen and oxygen atoms in total. The van der Waals surface area contributed by atoms with Crippen molar-refractivity contribution in [3.63, 3.8) is 0 Å². The van der Waals surface area contributed by atoms with Crippen molar-refractivity contribution in [3.8, 4) is 0 Å². The Morgan fingerprint density at radius 1 is 1.07 bits per heavy atom. The standard InChI is InChI=1S/C29H31Cl2F4N3O4/c1-27-6-8-28(14-27,9-7-27)15-37(13-22(39)23-20(30)10-17(32)11-21(23)31)25(40)19-12-36-38(24(19)29(33,34)35)18-4-2-16(3-5-18)26(41)42/h10-12,16,18H,2-9,13-15H2,1H3,(H,41,42). The van der Waals surface area contributed by atoms with Gasteiger partial charge in [-0.15, -0.1) is 0 Å². The number of carbonyl (C=O) groups is 3. The van der Waals surface area contributed by atoms with Crippen LogP contribution in [0.15, 0.2) is 18.3 Å². The maximum atomic E-state index is 14.5. The molecule has 0 saturated heterocycles. The molecule has 2 bridgehead atoms. The fourth-order valence-corrected chi connectivity index (χ4v) is 8.01. The Hall–Kier alpha value is -2.66. The molecule has 2 aromatic rings. The van der Waals surface area contributed by atoms with Crippen LogP contribution in [0.2, 0.25) is 10.0 Å². The highest BCUT2D eigenvalue weighted by Crippen LogP contribution is 2.61. The molecular formula is C29H31Cl2F4N3O4. The smallest absolute Gasteiger partial charge is 0.433 e. The number of alkyl halides is 3. The van der Waals surface area contributed by atoms with E-state index in [2.05, 4.69) is 12.0 Å². The molecule has 3 aliphatic carbocycles. The van der Waals surface area contributed by atoms with E-state index in [1.54, 1.807) is 0 Å². The minimum Gasteiger partial charge on any atom is -0.481 e. The van der Waals surface area contributed by atoms with Crippen molar-refractivity contribution in [3.05, 3.63) is 51.0 Å². The quantitative estimate of drug-likeness (QED) is 0.241. The fourth-order valence-electron chi connectivity index (χ4n) is 7.34. The van der Waals surface area contributed by atoms with E-state index in [1.807, 2.05) is 0 Å². The van der Waals surface area contributed by atoms with Crippen molar-refractivity contribution in [1.29, 1.82) is 0 Å². The van der Waals surface area contributed by atoms with Crippen LogP contribution in [0, 0.1) is 22.6 Å². The number of halogens is 6. The van der Waals surface area contributed by atoms with Crippen LogP contribution in [0.5, 0.6) is 0 Å². The number of rotatable bonds is 8. The van der Waals surface area contributed by atoms with E-state index >= 15 is 0 Å². The van der Waals surface area contributed by atoms with Gasteiger partial charge in [-0.05, 0) is 80.8 Å². The largest absolute Gasteiger partial charge is 0.481 e. The van der Waals surface area contributed by atoms with Crippen LogP contribution in [-0.4, -0.2) is 50.5 Å². The first-order valence-electron chi connectivity index (χ1n) is 14.0. The van der Waals surface area contributed by atoms with Crippen molar-refractivity contribution in [2.24, 2.45) is 16.7 Å². The first-order chi connectivity index (χ1) is 19.6. The number of hydrogen-bond donors (Lipinski definition) is 1. The van der Waals surface area contributed by atoms with Crippen LogP contribution in [0.1, 0.15) is 97.2 Å². The van der Waals surface area contributed by atoms with Crippen LogP contribution < -0.4 is 0 Å². The van der Waals surface area contributed by atoms with E-state index in [4.69, 9.17) is 23.2 Å². The van der Waals surface area contributed by atoms with Crippen LogP contribution in [-0.2, 0) is 11.0 Å². The maximum absolute atomic E-state index is 14.5. The molecule has 42 heavy (non-hydrogen) atoms. The molecule has 0 aliphatic heterocycles. The average molecular weight is 632 g/mol. The molecule has 0 radical (unpaired) electrons.